The summed E-state index contributed by atoms with van der Waals surface area (Å²) in [4.78, 5) is 7.45. The standard InChI is InChI=1S/C25H36N2S/c1-3-5-7-9-11-13-21-15-17-22(18-16-21)24-20-27-19-23(28-25(27)26-24)14-12-10-8-6-4-2/h15-20H,3-14H2,1-2H3. The Morgan fingerprint density at radius 1 is 0.750 bits per heavy atom. The van der Waals surface area contributed by atoms with Gasteiger partial charge in [0.15, 0.2) is 4.96 Å². The molecule has 0 aliphatic carbocycles. The zero-order valence-corrected chi connectivity index (χ0v) is 18.6. The topological polar surface area (TPSA) is 17.3 Å². The molecule has 2 heterocycles. The molecule has 0 saturated carbocycles. The van der Waals surface area contributed by atoms with Crippen molar-refractivity contribution in [3.05, 3.63) is 47.1 Å². The Kier molecular flexibility index (Phi) is 8.60. The Labute approximate surface area is 175 Å². The summed E-state index contributed by atoms with van der Waals surface area (Å²) in [5.74, 6) is 0. The summed E-state index contributed by atoms with van der Waals surface area (Å²) >= 11 is 1.85. The molecule has 0 spiro atoms. The summed E-state index contributed by atoms with van der Waals surface area (Å²) in [5.41, 5.74) is 3.77. The third-order valence-electron chi connectivity index (χ3n) is 5.55. The number of unbranched alkanes of at least 4 members (excludes halogenated alkanes) is 8. The monoisotopic (exact) mass is 396 g/mol. The molecular formula is C25H36N2S. The van der Waals surface area contributed by atoms with Crippen LogP contribution in [0.5, 0.6) is 0 Å². The maximum Gasteiger partial charge on any atom is 0.194 e. The maximum atomic E-state index is 4.87. The van der Waals surface area contributed by atoms with Crippen LogP contribution in [0.2, 0.25) is 0 Å². The Morgan fingerprint density at radius 2 is 1.39 bits per heavy atom. The van der Waals surface area contributed by atoms with Crippen molar-refractivity contribution in [2.75, 3.05) is 0 Å². The predicted molar refractivity (Wildman–Crippen MR) is 123 cm³/mol. The summed E-state index contributed by atoms with van der Waals surface area (Å²) < 4.78 is 2.21. The number of fused-ring (bicyclic) bond motifs is 1. The fourth-order valence-corrected chi connectivity index (χ4v) is 4.78. The highest BCUT2D eigenvalue weighted by Gasteiger charge is 2.08. The first-order valence-corrected chi connectivity index (χ1v) is 12.2. The SMILES string of the molecule is CCCCCCCc1ccc(-c2cn3cc(CCCCCCC)sc3n2)cc1. The highest BCUT2D eigenvalue weighted by Crippen LogP contribution is 2.25. The van der Waals surface area contributed by atoms with Gasteiger partial charge < -0.3 is 0 Å². The zero-order valence-electron chi connectivity index (χ0n) is 17.8. The summed E-state index contributed by atoms with van der Waals surface area (Å²) in [5, 5.41) is 0. The molecule has 0 bridgehead atoms. The molecule has 0 N–H and O–H groups in total. The lowest BCUT2D eigenvalue weighted by atomic mass is 10.0. The number of hydrogen-bond donors (Lipinski definition) is 0. The summed E-state index contributed by atoms with van der Waals surface area (Å²) in [6.45, 7) is 4.54. The molecule has 3 aromatic rings. The van der Waals surface area contributed by atoms with Gasteiger partial charge in [-0.15, -0.1) is 11.3 Å². The fraction of sp³-hybridized carbons (Fsp3) is 0.560. The number of benzene rings is 1. The van der Waals surface area contributed by atoms with E-state index in [4.69, 9.17) is 4.98 Å². The Hall–Kier alpha value is -1.61. The lowest BCUT2D eigenvalue weighted by Gasteiger charge is -2.03. The van der Waals surface area contributed by atoms with E-state index >= 15 is 0 Å². The molecule has 2 nitrogen and oxygen atoms in total. The van der Waals surface area contributed by atoms with Gasteiger partial charge in [0.25, 0.3) is 0 Å². The van der Waals surface area contributed by atoms with E-state index in [0.717, 1.165) is 10.7 Å². The minimum absolute atomic E-state index is 1.09. The number of hydrogen-bond acceptors (Lipinski definition) is 2. The van der Waals surface area contributed by atoms with Crippen molar-refractivity contribution in [2.24, 2.45) is 0 Å². The van der Waals surface area contributed by atoms with Gasteiger partial charge in [0.1, 0.15) is 0 Å². The maximum absolute atomic E-state index is 4.87. The number of aromatic nitrogens is 2. The van der Waals surface area contributed by atoms with Gasteiger partial charge in [0, 0.05) is 22.8 Å². The fourth-order valence-electron chi connectivity index (χ4n) is 3.78. The minimum atomic E-state index is 1.09. The van der Waals surface area contributed by atoms with Gasteiger partial charge in [-0.3, -0.25) is 4.40 Å². The lowest BCUT2D eigenvalue weighted by molar-refractivity contribution is 0.632. The van der Waals surface area contributed by atoms with E-state index in [1.807, 2.05) is 11.3 Å². The molecule has 2 aromatic heterocycles. The van der Waals surface area contributed by atoms with Crippen LogP contribution in [-0.4, -0.2) is 9.38 Å². The second-order valence-corrected chi connectivity index (χ2v) is 9.13. The van der Waals surface area contributed by atoms with Crippen LogP contribution in [0.25, 0.3) is 16.2 Å². The van der Waals surface area contributed by atoms with Crippen molar-refractivity contribution in [3.8, 4) is 11.3 Å². The Morgan fingerprint density at radius 3 is 2.04 bits per heavy atom. The van der Waals surface area contributed by atoms with Crippen LogP contribution in [0.1, 0.15) is 88.5 Å². The lowest BCUT2D eigenvalue weighted by Crippen LogP contribution is -1.87. The molecule has 152 valence electrons. The van der Waals surface area contributed by atoms with Gasteiger partial charge in [-0.25, -0.2) is 4.98 Å². The third kappa shape index (κ3) is 6.20. The Balaban J connectivity index is 1.51. The molecule has 0 amide bonds. The van der Waals surface area contributed by atoms with Gasteiger partial charge in [0.2, 0.25) is 0 Å². The van der Waals surface area contributed by atoms with Gasteiger partial charge in [0.05, 0.1) is 5.69 Å². The molecule has 0 fully saturated rings. The second-order valence-electron chi connectivity index (χ2n) is 8.04. The molecule has 0 saturated heterocycles. The van der Waals surface area contributed by atoms with Crippen molar-refractivity contribution >= 4 is 16.3 Å². The van der Waals surface area contributed by atoms with Crippen molar-refractivity contribution in [3.63, 3.8) is 0 Å². The first kappa shape index (κ1) is 21.1. The zero-order chi connectivity index (χ0) is 19.6. The van der Waals surface area contributed by atoms with E-state index < -0.39 is 0 Å². The number of aryl methyl sites for hydroxylation is 2. The minimum Gasteiger partial charge on any atom is -0.297 e. The van der Waals surface area contributed by atoms with E-state index in [1.165, 1.54) is 93.1 Å². The molecular weight excluding hydrogens is 360 g/mol. The van der Waals surface area contributed by atoms with Gasteiger partial charge in [-0.1, -0.05) is 89.5 Å². The molecule has 28 heavy (non-hydrogen) atoms. The molecule has 3 rings (SSSR count). The van der Waals surface area contributed by atoms with Crippen LogP contribution in [0.3, 0.4) is 0 Å². The van der Waals surface area contributed by atoms with Crippen molar-refractivity contribution in [2.45, 2.75) is 90.9 Å². The highest BCUT2D eigenvalue weighted by molar-refractivity contribution is 7.17. The van der Waals surface area contributed by atoms with Gasteiger partial charge in [-0.2, -0.15) is 0 Å². The Bertz CT molecular complexity index is 781. The molecule has 0 unspecified atom stereocenters. The van der Waals surface area contributed by atoms with Gasteiger partial charge in [-0.05, 0) is 31.2 Å². The van der Waals surface area contributed by atoms with Crippen molar-refractivity contribution in [1.82, 2.24) is 9.38 Å². The third-order valence-corrected chi connectivity index (χ3v) is 6.61. The van der Waals surface area contributed by atoms with E-state index in [9.17, 15) is 0 Å². The number of thiazole rings is 1. The molecule has 1 aromatic carbocycles. The van der Waals surface area contributed by atoms with E-state index in [0.29, 0.717) is 0 Å². The number of nitrogens with zero attached hydrogens (tertiary/aromatic N) is 2. The smallest absolute Gasteiger partial charge is 0.194 e. The van der Waals surface area contributed by atoms with Crippen molar-refractivity contribution < 1.29 is 0 Å². The number of rotatable bonds is 13. The first-order chi connectivity index (χ1) is 13.8. The van der Waals surface area contributed by atoms with Crippen LogP contribution < -0.4 is 0 Å². The summed E-state index contributed by atoms with van der Waals surface area (Å²) in [6, 6.07) is 9.04. The average Bonchev–Trinajstić information content (AvgIpc) is 3.27. The van der Waals surface area contributed by atoms with E-state index in [1.54, 1.807) is 0 Å². The molecule has 0 atom stereocenters. The van der Waals surface area contributed by atoms with Crippen LogP contribution in [0.4, 0.5) is 0 Å². The largest absolute Gasteiger partial charge is 0.297 e. The molecule has 3 heteroatoms. The molecule has 0 radical (unpaired) electrons. The average molecular weight is 397 g/mol. The quantitative estimate of drug-likeness (QED) is 0.267. The second kappa shape index (κ2) is 11.4. The van der Waals surface area contributed by atoms with E-state index in [2.05, 4.69) is 54.9 Å². The summed E-state index contributed by atoms with van der Waals surface area (Å²) in [7, 11) is 0. The summed E-state index contributed by atoms with van der Waals surface area (Å²) in [6.07, 6.45) is 20.3. The van der Waals surface area contributed by atoms with Gasteiger partial charge >= 0.3 is 0 Å². The van der Waals surface area contributed by atoms with Crippen LogP contribution >= 0.6 is 11.3 Å². The predicted octanol–water partition coefficient (Wildman–Crippen LogP) is 8.09. The first-order valence-electron chi connectivity index (χ1n) is 11.4. The van der Waals surface area contributed by atoms with Crippen LogP contribution in [-0.2, 0) is 12.8 Å². The molecule has 0 aliphatic rings. The van der Waals surface area contributed by atoms with Crippen LogP contribution in [0.15, 0.2) is 36.7 Å². The highest BCUT2D eigenvalue weighted by atomic mass is 32.1. The van der Waals surface area contributed by atoms with E-state index in [-0.39, 0.29) is 0 Å². The van der Waals surface area contributed by atoms with Crippen LogP contribution in [0, 0.1) is 0 Å². The molecule has 0 aliphatic heterocycles. The normalized spacial score (nSPS) is 11.5. The number of imidazole rings is 1. The van der Waals surface area contributed by atoms with Crippen molar-refractivity contribution in [1.29, 1.82) is 0 Å².